The molecular formula is C13H13NO3. The second-order valence-corrected chi connectivity index (χ2v) is 4.10. The van der Waals surface area contributed by atoms with E-state index in [1.54, 1.807) is 6.07 Å². The fraction of sp³-hybridized carbons (Fsp3) is 0.308. The minimum absolute atomic E-state index is 0.0954. The van der Waals surface area contributed by atoms with Crippen molar-refractivity contribution in [1.29, 1.82) is 0 Å². The minimum atomic E-state index is -0.318. The van der Waals surface area contributed by atoms with Crippen LogP contribution in [0.5, 0.6) is 0 Å². The third kappa shape index (κ3) is 1.97. The molecule has 1 N–H and O–H groups in total. The molecule has 1 aromatic carbocycles. The zero-order valence-corrected chi connectivity index (χ0v) is 9.31. The summed E-state index contributed by atoms with van der Waals surface area (Å²) >= 11 is 0. The van der Waals surface area contributed by atoms with Crippen molar-refractivity contribution in [3.05, 3.63) is 46.3 Å². The second-order valence-electron chi connectivity index (χ2n) is 4.10. The zero-order valence-electron chi connectivity index (χ0n) is 9.31. The molecule has 4 nitrogen and oxygen atoms in total. The first kappa shape index (κ1) is 10.5. The number of benzene rings is 1. The Hall–Kier alpha value is -1.65. The Morgan fingerprint density at radius 3 is 3.00 bits per heavy atom. The summed E-state index contributed by atoms with van der Waals surface area (Å²) in [6, 6.07) is 9.19. The number of ether oxygens (including phenoxy) is 1. The summed E-state index contributed by atoms with van der Waals surface area (Å²) in [6.45, 7) is 2.15. The summed E-state index contributed by atoms with van der Waals surface area (Å²) in [5, 5.41) is 4.30. The minimum Gasteiger partial charge on any atom is -0.422 e. The van der Waals surface area contributed by atoms with Gasteiger partial charge < -0.3 is 14.5 Å². The van der Waals surface area contributed by atoms with Crippen LogP contribution in [0.25, 0.3) is 11.0 Å². The predicted octanol–water partition coefficient (Wildman–Crippen LogP) is 1.45. The summed E-state index contributed by atoms with van der Waals surface area (Å²) in [5.74, 6) is 0. The van der Waals surface area contributed by atoms with E-state index >= 15 is 0 Å². The Morgan fingerprint density at radius 1 is 1.24 bits per heavy atom. The van der Waals surface area contributed by atoms with Crippen molar-refractivity contribution in [1.82, 2.24) is 5.32 Å². The van der Waals surface area contributed by atoms with Crippen LogP contribution in [0.15, 0.2) is 39.5 Å². The van der Waals surface area contributed by atoms with Crippen molar-refractivity contribution < 1.29 is 9.15 Å². The van der Waals surface area contributed by atoms with Crippen LogP contribution in [-0.4, -0.2) is 19.8 Å². The first-order chi connectivity index (χ1) is 8.34. The molecule has 3 rings (SSSR count). The van der Waals surface area contributed by atoms with Crippen molar-refractivity contribution in [2.75, 3.05) is 19.8 Å². The summed E-state index contributed by atoms with van der Waals surface area (Å²) in [7, 11) is 0. The molecule has 1 fully saturated rings. The van der Waals surface area contributed by atoms with E-state index in [0.29, 0.717) is 12.2 Å². The highest BCUT2D eigenvalue weighted by Gasteiger charge is 2.18. The topological polar surface area (TPSA) is 51.5 Å². The van der Waals surface area contributed by atoms with Crippen LogP contribution in [0.3, 0.4) is 0 Å². The van der Waals surface area contributed by atoms with Gasteiger partial charge in [0.15, 0.2) is 0 Å². The SMILES string of the molecule is O=c1ccc2cccc(C3COCCN3)c2o1. The monoisotopic (exact) mass is 231 g/mol. The first-order valence-corrected chi connectivity index (χ1v) is 5.68. The molecule has 1 aliphatic heterocycles. The molecule has 88 valence electrons. The summed E-state index contributed by atoms with van der Waals surface area (Å²) in [5.41, 5.74) is 1.32. The molecule has 1 aliphatic rings. The van der Waals surface area contributed by atoms with E-state index in [-0.39, 0.29) is 11.7 Å². The quantitative estimate of drug-likeness (QED) is 0.755. The van der Waals surface area contributed by atoms with Gasteiger partial charge >= 0.3 is 5.63 Å². The Labute approximate surface area is 98.2 Å². The Morgan fingerprint density at radius 2 is 2.18 bits per heavy atom. The van der Waals surface area contributed by atoms with Crippen molar-refractivity contribution in [3.8, 4) is 0 Å². The Kier molecular flexibility index (Phi) is 2.66. The smallest absolute Gasteiger partial charge is 0.336 e. The van der Waals surface area contributed by atoms with Gasteiger partial charge in [-0.25, -0.2) is 4.79 Å². The van der Waals surface area contributed by atoms with E-state index in [1.165, 1.54) is 6.07 Å². The fourth-order valence-corrected chi connectivity index (χ4v) is 2.15. The van der Waals surface area contributed by atoms with Crippen LogP contribution in [0, 0.1) is 0 Å². The van der Waals surface area contributed by atoms with Gasteiger partial charge in [0.1, 0.15) is 5.58 Å². The number of hydrogen-bond acceptors (Lipinski definition) is 4. The number of para-hydroxylation sites is 1. The van der Waals surface area contributed by atoms with Gasteiger partial charge in [-0.05, 0) is 6.07 Å². The normalized spacial score (nSPS) is 20.6. The summed E-state index contributed by atoms with van der Waals surface area (Å²) < 4.78 is 10.7. The number of morpholine rings is 1. The number of nitrogens with one attached hydrogen (secondary N) is 1. The largest absolute Gasteiger partial charge is 0.422 e. The van der Waals surface area contributed by atoms with Crippen LogP contribution >= 0.6 is 0 Å². The molecule has 0 aliphatic carbocycles. The van der Waals surface area contributed by atoms with E-state index in [4.69, 9.17) is 9.15 Å². The number of hydrogen-bond donors (Lipinski definition) is 1. The molecular weight excluding hydrogens is 218 g/mol. The van der Waals surface area contributed by atoms with Crippen LogP contribution in [0.4, 0.5) is 0 Å². The van der Waals surface area contributed by atoms with Gasteiger partial charge in [-0.1, -0.05) is 18.2 Å². The molecule has 0 bridgehead atoms. The lowest BCUT2D eigenvalue weighted by Crippen LogP contribution is -2.34. The fourth-order valence-electron chi connectivity index (χ4n) is 2.15. The average molecular weight is 231 g/mol. The molecule has 1 unspecified atom stereocenters. The molecule has 17 heavy (non-hydrogen) atoms. The van der Waals surface area contributed by atoms with Crippen LogP contribution in [0.2, 0.25) is 0 Å². The van der Waals surface area contributed by atoms with Crippen molar-refractivity contribution in [3.63, 3.8) is 0 Å². The van der Waals surface area contributed by atoms with Crippen LogP contribution < -0.4 is 10.9 Å². The van der Waals surface area contributed by atoms with Crippen molar-refractivity contribution >= 4 is 11.0 Å². The molecule has 2 heterocycles. The highest BCUT2D eigenvalue weighted by atomic mass is 16.5. The molecule has 4 heteroatoms. The highest BCUT2D eigenvalue weighted by molar-refractivity contribution is 5.80. The van der Waals surface area contributed by atoms with Gasteiger partial charge in [-0.2, -0.15) is 0 Å². The maximum atomic E-state index is 11.3. The molecule has 0 amide bonds. The average Bonchev–Trinajstić information content (AvgIpc) is 2.39. The Balaban J connectivity index is 2.14. The maximum Gasteiger partial charge on any atom is 0.336 e. The Bertz CT molecular complexity index is 584. The molecule has 1 atom stereocenters. The van der Waals surface area contributed by atoms with E-state index in [0.717, 1.165) is 24.1 Å². The molecule has 1 aromatic heterocycles. The molecule has 0 spiro atoms. The van der Waals surface area contributed by atoms with Gasteiger partial charge in [0.2, 0.25) is 0 Å². The molecule has 1 saturated heterocycles. The number of rotatable bonds is 1. The van der Waals surface area contributed by atoms with Gasteiger partial charge in [0.05, 0.1) is 19.3 Å². The van der Waals surface area contributed by atoms with Crippen molar-refractivity contribution in [2.24, 2.45) is 0 Å². The molecule has 2 aromatic rings. The van der Waals surface area contributed by atoms with Gasteiger partial charge in [-0.15, -0.1) is 0 Å². The zero-order chi connectivity index (χ0) is 11.7. The molecule has 0 radical (unpaired) electrons. The highest BCUT2D eigenvalue weighted by Crippen LogP contribution is 2.24. The third-order valence-electron chi connectivity index (χ3n) is 2.97. The lowest BCUT2D eigenvalue weighted by molar-refractivity contribution is 0.0770. The lowest BCUT2D eigenvalue weighted by atomic mass is 10.0. The van der Waals surface area contributed by atoms with E-state index in [9.17, 15) is 4.79 Å². The van der Waals surface area contributed by atoms with Gasteiger partial charge in [0.25, 0.3) is 0 Å². The van der Waals surface area contributed by atoms with Crippen molar-refractivity contribution in [2.45, 2.75) is 6.04 Å². The maximum absolute atomic E-state index is 11.3. The predicted molar refractivity (Wildman–Crippen MR) is 64.0 cm³/mol. The van der Waals surface area contributed by atoms with Gasteiger partial charge in [0, 0.05) is 23.6 Å². The second kappa shape index (κ2) is 4.31. The summed E-state index contributed by atoms with van der Waals surface area (Å²) in [6.07, 6.45) is 0. The molecule has 0 saturated carbocycles. The third-order valence-corrected chi connectivity index (χ3v) is 2.97. The number of fused-ring (bicyclic) bond motifs is 1. The van der Waals surface area contributed by atoms with Gasteiger partial charge in [-0.3, -0.25) is 0 Å². The van der Waals surface area contributed by atoms with E-state index in [2.05, 4.69) is 5.32 Å². The van der Waals surface area contributed by atoms with Crippen LogP contribution in [0.1, 0.15) is 11.6 Å². The first-order valence-electron chi connectivity index (χ1n) is 5.68. The van der Waals surface area contributed by atoms with E-state index in [1.807, 2.05) is 18.2 Å². The summed E-state index contributed by atoms with van der Waals surface area (Å²) in [4.78, 5) is 11.3. The van der Waals surface area contributed by atoms with Crippen LogP contribution in [-0.2, 0) is 4.74 Å². The van der Waals surface area contributed by atoms with E-state index < -0.39 is 0 Å². The lowest BCUT2D eigenvalue weighted by Gasteiger charge is -2.24. The standard InChI is InChI=1S/C13H13NO3/c15-12-5-4-9-2-1-3-10(13(9)17-12)11-8-16-7-6-14-11/h1-5,11,14H,6-8H2.